The first kappa shape index (κ1) is 17.4. The summed E-state index contributed by atoms with van der Waals surface area (Å²) < 4.78 is 3.24. The Morgan fingerprint density at radius 3 is 2.48 bits per heavy atom. The van der Waals surface area contributed by atoms with Crippen LogP contribution in [-0.2, 0) is 30.8 Å². The average Bonchev–Trinajstić information content (AvgIpc) is 3.17. The van der Waals surface area contributed by atoms with Crippen LogP contribution >= 0.6 is 11.3 Å². The van der Waals surface area contributed by atoms with Crippen LogP contribution in [0.25, 0.3) is 11.0 Å². The minimum Gasteiger partial charge on any atom is -0.338 e. The third-order valence-electron chi connectivity index (χ3n) is 4.26. The quantitative estimate of drug-likeness (QED) is 0.680. The van der Waals surface area contributed by atoms with Gasteiger partial charge in [-0.2, -0.15) is 0 Å². The molecule has 0 bridgehead atoms. The number of hydrogen-bond acceptors (Lipinski definition) is 4. The molecule has 0 saturated heterocycles. The lowest BCUT2D eigenvalue weighted by atomic mass is 10.3. The van der Waals surface area contributed by atoms with E-state index in [1.54, 1.807) is 32.4 Å². The summed E-state index contributed by atoms with van der Waals surface area (Å²) in [6, 6.07) is 7.57. The maximum Gasteiger partial charge on any atom is 0.329 e. The van der Waals surface area contributed by atoms with Crippen LogP contribution in [0.1, 0.15) is 24.5 Å². The van der Waals surface area contributed by atoms with Crippen molar-refractivity contribution in [2.75, 3.05) is 7.05 Å². The number of imidazole rings is 1. The molecule has 1 amide bonds. The Kier molecular flexibility index (Phi) is 5.03. The number of thiazole rings is 1. The molecule has 0 spiro atoms. The van der Waals surface area contributed by atoms with Gasteiger partial charge in [-0.05, 0) is 25.5 Å². The summed E-state index contributed by atoms with van der Waals surface area (Å²) in [5.74, 6) is -0.104. The molecule has 0 aliphatic heterocycles. The number of fused-ring (bicyclic) bond motifs is 1. The first-order valence-corrected chi connectivity index (χ1v) is 9.28. The number of amides is 1. The maximum atomic E-state index is 12.6. The number of nitrogens with zero attached hydrogens (tertiary/aromatic N) is 4. The van der Waals surface area contributed by atoms with Crippen LogP contribution in [0.2, 0.25) is 0 Å². The van der Waals surface area contributed by atoms with E-state index >= 15 is 0 Å². The van der Waals surface area contributed by atoms with E-state index in [1.165, 1.54) is 0 Å². The number of carbonyl (C=O) groups is 1. The summed E-state index contributed by atoms with van der Waals surface area (Å²) in [5.41, 5.74) is 2.39. The van der Waals surface area contributed by atoms with Gasteiger partial charge < -0.3 is 4.90 Å². The third kappa shape index (κ3) is 3.37. The van der Waals surface area contributed by atoms with E-state index in [0.29, 0.717) is 13.1 Å². The van der Waals surface area contributed by atoms with E-state index in [9.17, 15) is 9.59 Å². The van der Waals surface area contributed by atoms with Gasteiger partial charge in [0, 0.05) is 19.0 Å². The molecule has 0 atom stereocenters. The summed E-state index contributed by atoms with van der Waals surface area (Å²) in [5, 5.41) is 3.05. The summed E-state index contributed by atoms with van der Waals surface area (Å²) in [4.78, 5) is 31.4. The zero-order chi connectivity index (χ0) is 18.0. The lowest BCUT2D eigenvalue weighted by molar-refractivity contribution is -0.131. The summed E-state index contributed by atoms with van der Waals surface area (Å²) >= 11 is 1.61. The second-order valence-electron chi connectivity index (χ2n) is 5.94. The Morgan fingerprint density at radius 1 is 1.20 bits per heavy atom. The van der Waals surface area contributed by atoms with Crippen LogP contribution in [-0.4, -0.2) is 32.0 Å². The standard InChI is InChI=1S/C18H22N4O2S/c1-4-16-19-13(12-25-16)10-20(3)17(23)11-22-15-9-7-6-8-14(15)21(5-2)18(22)24/h6-9,12H,4-5,10-11H2,1-3H3. The predicted octanol–water partition coefficient (Wildman–Crippen LogP) is 2.50. The van der Waals surface area contributed by atoms with Crippen molar-refractivity contribution in [3.63, 3.8) is 0 Å². The molecule has 3 aromatic rings. The van der Waals surface area contributed by atoms with E-state index in [0.717, 1.165) is 28.2 Å². The zero-order valence-electron chi connectivity index (χ0n) is 14.7. The van der Waals surface area contributed by atoms with Crippen molar-refractivity contribution in [3.05, 3.63) is 50.8 Å². The third-order valence-corrected chi connectivity index (χ3v) is 5.30. The second kappa shape index (κ2) is 7.23. The highest BCUT2D eigenvalue weighted by atomic mass is 32.1. The number of benzene rings is 1. The Balaban J connectivity index is 1.82. The Morgan fingerprint density at radius 2 is 1.88 bits per heavy atom. The van der Waals surface area contributed by atoms with Gasteiger partial charge in [0.05, 0.1) is 28.3 Å². The van der Waals surface area contributed by atoms with Gasteiger partial charge in [0.15, 0.2) is 0 Å². The maximum absolute atomic E-state index is 12.6. The van der Waals surface area contributed by atoms with Gasteiger partial charge in [0.2, 0.25) is 5.91 Å². The molecule has 0 radical (unpaired) electrons. The summed E-state index contributed by atoms with van der Waals surface area (Å²) in [7, 11) is 1.75. The number of carbonyl (C=O) groups excluding carboxylic acids is 1. The average molecular weight is 358 g/mol. The molecule has 2 heterocycles. The SMILES string of the molecule is CCc1nc(CN(C)C(=O)Cn2c(=O)n(CC)c3ccccc32)cs1. The molecule has 132 valence electrons. The molecule has 0 N–H and O–H groups in total. The zero-order valence-corrected chi connectivity index (χ0v) is 15.5. The normalized spacial score (nSPS) is 11.2. The lowest BCUT2D eigenvalue weighted by Crippen LogP contribution is -2.34. The highest BCUT2D eigenvalue weighted by molar-refractivity contribution is 7.09. The Bertz CT molecular complexity index is 954. The lowest BCUT2D eigenvalue weighted by Gasteiger charge is -2.16. The molecule has 25 heavy (non-hydrogen) atoms. The molecular weight excluding hydrogens is 336 g/mol. The van der Waals surface area contributed by atoms with Crippen molar-refractivity contribution in [2.24, 2.45) is 0 Å². The second-order valence-corrected chi connectivity index (χ2v) is 6.88. The van der Waals surface area contributed by atoms with Gasteiger partial charge in [-0.15, -0.1) is 11.3 Å². The van der Waals surface area contributed by atoms with Gasteiger partial charge in [-0.25, -0.2) is 9.78 Å². The number of para-hydroxylation sites is 2. The number of rotatable bonds is 6. The minimum absolute atomic E-state index is 0.0353. The summed E-state index contributed by atoms with van der Waals surface area (Å²) in [6.45, 7) is 5.06. The van der Waals surface area contributed by atoms with Gasteiger partial charge in [-0.1, -0.05) is 19.1 Å². The number of hydrogen-bond donors (Lipinski definition) is 0. The van der Waals surface area contributed by atoms with Crippen LogP contribution in [0.3, 0.4) is 0 Å². The first-order valence-electron chi connectivity index (χ1n) is 8.40. The highest BCUT2D eigenvalue weighted by Gasteiger charge is 2.17. The van der Waals surface area contributed by atoms with E-state index in [2.05, 4.69) is 11.9 Å². The van der Waals surface area contributed by atoms with Crippen molar-refractivity contribution in [3.8, 4) is 0 Å². The fourth-order valence-electron chi connectivity index (χ4n) is 2.90. The smallest absolute Gasteiger partial charge is 0.329 e. The monoisotopic (exact) mass is 358 g/mol. The molecule has 0 fully saturated rings. The van der Waals surface area contributed by atoms with Crippen LogP contribution in [0.15, 0.2) is 34.4 Å². The summed E-state index contributed by atoms with van der Waals surface area (Å²) in [6.07, 6.45) is 0.897. The molecule has 0 aliphatic carbocycles. The fraction of sp³-hybridized carbons (Fsp3) is 0.389. The first-order chi connectivity index (χ1) is 12.0. The molecular formula is C18H22N4O2S. The number of aryl methyl sites for hydroxylation is 2. The minimum atomic E-state index is -0.146. The molecule has 3 rings (SSSR count). The molecule has 0 aliphatic rings. The molecule has 0 unspecified atom stereocenters. The van der Waals surface area contributed by atoms with Crippen molar-refractivity contribution >= 4 is 28.3 Å². The van der Waals surface area contributed by atoms with E-state index in [-0.39, 0.29) is 18.1 Å². The predicted molar refractivity (Wildman–Crippen MR) is 99.8 cm³/mol. The van der Waals surface area contributed by atoms with Crippen LogP contribution < -0.4 is 5.69 Å². The Labute approximate surface area is 150 Å². The van der Waals surface area contributed by atoms with Gasteiger partial charge in [0.1, 0.15) is 6.54 Å². The number of likely N-dealkylation sites (N-methyl/N-ethyl adjacent to an activating group) is 1. The topological polar surface area (TPSA) is 60.1 Å². The molecule has 2 aromatic heterocycles. The van der Waals surface area contributed by atoms with Crippen LogP contribution in [0, 0.1) is 0 Å². The van der Waals surface area contributed by atoms with Crippen molar-refractivity contribution in [1.29, 1.82) is 0 Å². The van der Waals surface area contributed by atoms with Crippen molar-refractivity contribution in [1.82, 2.24) is 19.0 Å². The molecule has 1 aromatic carbocycles. The molecule has 6 nitrogen and oxygen atoms in total. The van der Waals surface area contributed by atoms with E-state index in [1.807, 2.05) is 36.6 Å². The van der Waals surface area contributed by atoms with Gasteiger partial charge in [0.25, 0.3) is 0 Å². The number of aromatic nitrogens is 3. The van der Waals surface area contributed by atoms with Crippen molar-refractivity contribution < 1.29 is 4.79 Å². The largest absolute Gasteiger partial charge is 0.338 e. The van der Waals surface area contributed by atoms with Crippen LogP contribution in [0.5, 0.6) is 0 Å². The van der Waals surface area contributed by atoms with Gasteiger partial charge >= 0.3 is 5.69 Å². The molecule has 0 saturated carbocycles. The van der Waals surface area contributed by atoms with E-state index < -0.39 is 0 Å². The van der Waals surface area contributed by atoms with Gasteiger partial charge in [-0.3, -0.25) is 13.9 Å². The van der Waals surface area contributed by atoms with Crippen molar-refractivity contribution in [2.45, 2.75) is 39.9 Å². The fourth-order valence-corrected chi connectivity index (χ4v) is 3.64. The van der Waals surface area contributed by atoms with E-state index in [4.69, 9.17) is 0 Å². The van der Waals surface area contributed by atoms with Crippen LogP contribution in [0.4, 0.5) is 0 Å². The Hall–Kier alpha value is -2.41. The molecule has 7 heteroatoms. The highest BCUT2D eigenvalue weighted by Crippen LogP contribution is 2.14.